The van der Waals surface area contributed by atoms with Crippen LogP contribution in [-0.2, 0) is 27.9 Å². The van der Waals surface area contributed by atoms with Gasteiger partial charge in [-0.25, -0.2) is 0 Å². The molecule has 1 saturated heterocycles. The Bertz CT molecular complexity index is 687. The summed E-state index contributed by atoms with van der Waals surface area (Å²) in [6, 6.07) is 16.8. The molecule has 0 radical (unpaired) electrons. The summed E-state index contributed by atoms with van der Waals surface area (Å²) < 4.78 is 15.2. The van der Waals surface area contributed by atoms with Crippen molar-refractivity contribution in [3.63, 3.8) is 0 Å². The Hall–Kier alpha value is -1.09. The van der Waals surface area contributed by atoms with Crippen LogP contribution in [0, 0.1) is 0 Å². The van der Waals surface area contributed by atoms with Gasteiger partial charge in [-0.2, -0.15) is 0 Å². The van der Waals surface area contributed by atoms with Crippen molar-refractivity contribution in [3.05, 3.63) is 48.5 Å². The van der Waals surface area contributed by atoms with Crippen LogP contribution in [0.15, 0.2) is 48.5 Å². The minimum atomic E-state index is -0.887. The van der Waals surface area contributed by atoms with E-state index in [0.29, 0.717) is 0 Å². The average Bonchev–Trinajstić information content (AvgIpc) is 2.70. The molecule has 1 aliphatic rings. The maximum atomic E-state index is 6.23. The van der Waals surface area contributed by atoms with E-state index in [1.165, 1.54) is 7.91 Å². The maximum absolute atomic E-state index is 6.23. The summed E-state index contributed by atoms with van der Waals surface area (Å²) in [5, 5.41) is 0. The third-order valence-corrected chi connectivity index (χ3v) is 8.46. The zero-order chi connectivity index (χ0) is 16.7. The molecule has 1 fully saturated rings. The number of anilines is 1. The number of rotatable bonds is 3. The number of nitrogens with two attached hydrogens (primary N) is 1. The van der Waals surface area contributed by atoms with Gasteiger partial charge in [0, 0.05) is 0 Å². The van der Waals surface area contributed by atoms with Crippen LogP contribution in [0.5, 0.6) is 0 Å². The third kappa shape index (κ3) is 3.40. The molecule has 2 N–H and O–H groups in total. The summed E-state index contributed by atoms with van der Waals surface area (Å²) >= 11 is -0.887. The van der Waals surface area contributed by atoms with Crippen molar-refractivity contribution in [2.24, 2.45) is 0 Å². The van der Waals surface area contributed by atoms with E-state index in [4.69, 9.17) is 15.0 Å². The number of hydrogen-bond acceptors (Lipinski definition) is 3. The van der Waals surface area contributed by atoms with Crippen LogP contribution in [-0.4, -0.2) is 18.3 Å². The molecule has 0 unspecified atom stereocenters. The van der Waals surface area contributed by atoms with Crippen LogP contribution in [0.2, 0.25) is 0 Å². The number of benzene rings is 2. The molecule has 0 aliphatic carbocycles. The second-order valence-electron chi connectivity index (χ2n) is 6.80. The predicted molar refractivity (Wildman–Crippen MR) is 92.3 cm³/mol. The van der Waals surface area contributed by atoms with Gasteiger partial charge >= 0.3 is 147 Å². The molecule has 120 valence electrons. The van der Waals surface area contributed by atoms with E-state index in [0.717, 1.165) is 11.2 Å². The zero-order valence-corrected chi connectivity index (χ0v) is 16.9. The van der Waals surface area contributed by atoms with Crippen LogP contribution in [0.25, 0.3) is 0 Å². The normalized spacial score (nSPS) is 19.0. The van der Waals surface area contributed by atoms with Crippen molar-refractivity contribution in [1.82, 2.24) is 0 Å². The van der Waals surface area contributed by atoms with E-state index in [1.54, 1.807) is 0 Å². The molecule has 23 heavy (non-hydrogen) atoms. The van der Waals surface area contributed by atoms with E-state index >= 15 is 0 Å². The molecule has 0 spiro atoms. The van der Waals surface area contributed by atoms with E-state index in [-0.39, 0.29) is 18.3 Å². The van der Waals surface area contributed by atoms with Crippen LogP contribution < -0.4 is 19.1 Å². The first kappa shape index (κ1) is 16.8. The van der Waals surface area contributed by atoms with Gasteiger partial charge in [0.05, 0.1) is 0 Å². The van der Waals surface area contributed by atoms with Gasteiger partial charge in [-0.1, -0.05) is 0 Å². The summed E-state index contributed by atoms with van der Waals surface area (Å²) in [5.74, 6) is 0. The molecule has 1 heterocycles. The van der Waals surface area contributed by atoms with Gasteiger partial charge in [-0.3, -0.25) is 0 Å². The summed E-state index contributed by atoms with van der Waals surface area (Å²) in [6.45, 7) is 8.32. The van der Waals surface area contributed by atoms with Crippen LogP contribution in [0.1, 0.15) is 27.7 Å². The first-order valence-corrected chi connectivity index (χ1v) is 10.7. The predicted octanol–water partition coefficient (Wildman–Crippen LogP) is 1.60. The Morgan fingerprint density at radius 3 is 2.13 bits per heavy atom. The fourth-order valence-electron chi connectivity index (χ4n) is 2.43. The molecule has 5 heteroatoms. The van der Waals surface area contributed by atoms with Gasteiger partial charge < -0.3 is 0 Å². The van der Waals surface area contributed by atoms with Gasteiger partial charge in [0.25, 0.3) is 0 Å². The van der Waals surface area contributed by atoms with E-state index < -0.39 is 18.6 Å². The summed E-state index contributed by atoms with van der Waals surface area (Å²) in [7, 11) is -0.345. The fourth-order valence-corrected chi connectivity index (χ4v) is 5.87. The average molecular weight is 479 g/mol. The first-order chi connectivity index (χ1) is 10.8. The quantitative estimate of drug-likeness (QED) is 0.538. The molecule has 1 aliphatic heterocycles. The Kier molecular flexibility index (Phi) is 4.43. The van der Waals surface area contributed by atoms with Gasteiger partial charge in [-0.15, -0.1) is 0 Å². The Morgan fingerprint density at radius 1 is 0.913 bits per heavy atom. The van der Waals surface area contributed by atoms with Gasteiger partial charge in [0.1, 0.15) is 0 Å². The number of nitrogen functional groups attached to an aromatic ring is 1. The van der Waals surface area contributed by atoms with Crippen molar-refractivity contribution in [2.75, 3.05) is 5.73 Å². The standard InChI is InChI=1S/C12H17BNO2.C6H5.W/c1-11(2)12(3,4)16-13(15-11)9-6-5-7-10(14)8-9;1-2-4-6-5-3-1;/h5,7-8H,14H2,1-4H3;1-5H;. The molecule has 3 nitrogen and oxygen atoms in total. The molecule has 3 rings (SSSR count). The minimum absolute atomic E-state index is 0.336. The summed E-state index contributed by atoms with van der Waals surface area (Å²) in [5.41, 5.74) is 7.21. The Morgan fingerprint density at radius 2 is 1.52 bits per heavy atom. The fraction of sp³-hybridized carbons (Fsp3) is 0.333. The SMILES string of the molecule is CC1(C)OB(c2cc(N)cc[c]2[W][c]2ccccc2)OC1(C)C. The monoisotopic (exact) mass is 479 g/mol. The van der Waals surface area contributed by atoms with Crippen molar-refractivity contribution >= 4 is 26.2 Å². The van der Waals surface area contributed by atoms with Crippen LogP contribution in [0.3, 0.4) is 0 Å². The van der Waals surface area contributed by atoms with Crippen molar-refractivity contribution < 1.29 is 27.9 Å². The molecular formula is C18H22BNO2W. The second-order valence-corrected chi connectivity index (χ2v) is 10.8. The molecule has 0 saturated carbocycles. The van der Waals surface area contributed by atoms with E-state index in [2.05, 4.69) is 64.1 Å². The first-order valence-electron chi connectivity index (χ1n) is 7.76. The molecule has 0 bridgehead atoms. The molecule has 2 aromatic rings. The summed E-state index contributed by atoms with van der Waals surface area (Å²) in [6.07, 6.45) is 0. The Labute approximate surface area is 147 Å². The molecular weight excluding hydrogens is 457 g/mol. The molecule has 0 aromatic heterocycles. The molecule has 0 amide bonds. The number of hydrogen-bond donors (Lipinski definition) is 1. The zero-order valence-electron chi connectivity index (χ0n) is 14.0. The Balaban J connectivity index is 1.95. The molecule has 0 atom stereocenters. The van der Waals surface area contributed by atoms with Gasteiger partial charge in [0.15, 0.2) is 0 Å². The second kappa shape index (κ2) is 6.09. The van der Waals surface area contributed by atoms with Gasteiger partial charge in [-0.05, 0) is 0 Å². The van der Waals surface area contributed by atoms with Crippen molar-refractivity contribution in [2.45, 2.75) is 38.9 Å². The summed E-state index contributed by atoms with van der Waals surface area (Å²) in [4.78, 5) is 0. The van der Waals surface area contributed by atoms with Gasteiger partial charge in [0.2, 0.25) is 0 Å². The topological polar surface area (TPSA) is 44.5 Å². The van der Waals surface area contributed by atoms with Crippen molar-refractivity contribution in [1.29, 1.82) is 0 Å². The van der Waals surface area contributed by atoms with Crippen LogP contribution >= 0.6 is 0 Å². The van der Waals surface area contributed by atoms with E-state index in [9.17, 15) is 0 Å². The molecule has 2 aromatic carbocycles. The van der Waals surface area contributed by atoms with Crippen LogP contribution in [0.4, 0.5) is 5.69 Å². The third-order valence-electron chi connectivity index (χ3n) is 4.51. The van der Waals surface area contributed by atoms with E-state index in [1.807, 2.05) is 12.1 Å². The van der Waals surface area contributed by atoms with Crippen molar-refractivity contribution in [3.8, 4) is 0 Å².